The summed E-state index contributed by atoms with van der Waals surface area (Å²) in [6.07, 6.45) is 8.11. The number of piperidine rings is 1. The van der Waals surface area contributed by atoms with Gasteiger partial charge in [-0.25, -0.2) is 4.79 Å². The Balaban J connectivity index is 1.26. The smallest absolute Gasteiger partial charge is 0.320 e. The predicted octanol–water partition coefficient (Wildman–Crippen LogP) is 1.98. The Bertz CT molecular complexity index is 736. The average molecular weight is 416 g/mol. The first kappa shape index (κ1) is 20.9. The van der Waals surface area contributed by atoms with E-state index in [4.69, 9.17) is 5.11 Å². The number of aromatic nitrogens is 1. The summed E-state index contributed by atoms with van der Waals surface area (Å²) < 4.78 is 0. The molecule has 8 heteroatoms. The third kappa shape index (κ3) is 4.86. The number of likely N-dealkylation sites (tertiary alicyclic amines) is 1. The van der Waals surface area contributed by atoms with Gasteiger partial charge in [0.15, 0.2) is 0 Å². The zero-order valence-electron chi connectivity index (χ0n) is 17.7. The summed E-state index contributed by atoms with van der Waals surface area (Å²) in [5.41, 5.74) is 1.57. The fraction of sp³-hybridized carbons (Fsp3) is 0.682. The molecule has 1 aromatic heterocycles. The minimum absolute atomic E-state index is 0.161. The Labute approximate surface area is 178 Å². The van der Waals surface area contributed by atoms with Crippen molar-refractivity contribution in [1.82, 2.24) is 19.7 Å². The van der Waals surface area contributed by atoms with E-state index in [1.54, 1.807) is 0 Å². The lowest BCUT2D eigenvalue weighted by molar-refractivity contribution is -0.137. The Morgan fingerprint density at radius 2 is 1.63 bits per heavy atom. The maximum Gasteiger partial charge on any atom is 0.320 e. The Kier molecular flexibility index (Phi) is 6.41. The van der Waals surface area contributed by atoms with Crippen LogP contribution in [-0.4, -0.2) is 95.7 Å². The van der Waals surface area contributed by atoms with Crippen molar-refractivity contribution < 1.29 is 14.7 Å². The van der Waals surface area contributed by atoms with Crippen LogP contribution in [-0.2, 0) is 4.79 Å². The van der Waals surface area contributed by atoms with E-state index in [2.05, 4.69) is 26.9 Å². The van der Waals surface area contributed by atoms with Gasteiger partial charge in [0.25, 0.3) is 0 Å². The van der Waals surface area contributed by atoms with Gasteiger partial charge in [-0.2, -0.15) is 0 Å². The second-order valence-electron chi connectivity index (χ2n) is 8.97. The molecule has 3 aliphatic rings. The quantitative estimate of drug-likeness (QED) is 0.810. The van der Waals surface area contributed by atoms with Crippen molar-refractivity contribution in [1.29, 1.82) is 0 Å². The lowest BCUT2D eigenvalue weighted by atomic mass is 9.78. The molecule has 0 bridgehead atoms. The molecule has 4 rings (SSSR count). The third-order valence-electron chi connectivity index (χ3n) is 7.06. The lowest BCUT2D eigenvalue weighted by Crippen LogP contribution is -2.50. The van der Waals surface area contributed by atoms with Crippen molar-refractivity contribution >= 4 is 17.7 Å². The highest BCUT2D eigenvalue weighted by atomic mass is 16.4. The molecule has 3 aliphatic heterocycles. The first-order chi connectivity index (χ1) is 14.5. The van der Waals surface area contributed by atoms with Crippen molar-refractivity contribution in [2.75, 3.05) is 63.8 Å². The molecule has 1 N–H and O–H groups in total. The molecule has 8 nitrogen and oxygen atoms in total. The number of pyridine rings is 1. The standard InChI is InChI=1S/C22H33N5O3/c28-20(29)4-12-24-10-1-11-25(17-16-24)21(30)26-13-5-22(6-14-26)7-15-27(18-22)19-2-8-23-9-3-19/h2-3,8-9H,1,4-7,10-18H2,(H,28,29). The fourth-order valence-corrected chi connectivity index (χ4v) is 5.13. The highest BCUT2D eigenvalue weighted by molar-refractivity contribution is 5.74. The normalized spacial score (nSPS) is 22.3. The number of anilines is 1. The van der Waals surface area contributed by atoms with Crippen LogP contribution >= 0.6 is 0 Å². The van der Waals surface area contributed by atoms with E-state index < -0.39 is 5.97 Å². The summed E-state index contributed by atoms with van der Waals surface area (Å²) in [6.45, 7) is 7.47. The maximum atomic E-state index is 13.1. The molecular formula is C22H33N5O3. The van der Waals surface area contributed by atoms with Gasteiger partial charge < -0.3 is 24.7 Å². The van der Waals surface area contributed by atoms with Crippen LogP contribution in [0.4, 0.5) is 10.5 Å². The van der Waals surface area contributed by atoms with Crippen LogP contribution in [0, 0.1) is 5.41 Å². The van der Waals surface area contributed by atoms with Crippen LogP contribution in [0.1, 0.15) is 32.1 Å². The first-order valence-corrected chi connectivity index (χ1v) is 11.2. The van der Waals surface area contributed by atoms with Crippen LogP contribution in [0.15, 0.2) is 24.5 Å². The van der Waals surface area contributed by atoms with Crippen LogP contribution in [0.3, 0.4) is 0 Å². The molecule has 3 saturated heterocycles. The van der Waals surface area contributed by atoms with Crippen molar-refractivity contribution in [3.8, 4) is 0 Å². The number of amides is 2. The molecule has 1 aromatic rings. The van der Waals surface area contributed by atoms with Crippen LogP contribution < -0.4 is 4.90 Å². The van der Waals surface area contributed by atoms with Gasteiger partial charge in [0.05, 0.1) is 6.42 Å². The Morgan fingerprint density at radius 1 is 0.933 bits per heavy atom. The van der Waals surface area contributed by atoms with E-state index in [0.717, 1.165) is 65.1 Å². The number of hydrogen-bond donors (Lipinski definition) is 1. The monoisotopic (exact) mass is 415 g/mol. The molecule has 0 unspecified atom stereocenters. The summed E-state index contributed by atoms with van der Waals surface area (Å²) in [7, 11) is 0. The number of rotatable bonds is 4. The lowest BCUT2D eigenvalue weighted by Gasteiger charge is -2.41. The first-order valence-electron chi connectivity index (χ1n) is 11.2. The minimum atomic E-state index is -0.760. The van der Waals surface area contributed by atoms with E-state index in [0.29, 0.717) is 18.5 Å². The summed E-state index contributed by atoms with van der Waals surface area (Å²) in [5, 5.41) is 8.89. The molecule has 30 heavy (non-hydrogen) atoms. The molecular weight excluding hydrogens is 382 g/mol. The van der Waals surface area contributed by atoms with Gasteiger partial charge in [0, 0.05) is 70.4 Å². The number of urea groups is 1. The molecule has 0 aromatic carbocycles. The van der Waals surface area contributed by atoms with Gasteiger partial charge in [-0.1, -0.05) is 0 Å². The predicted molar refractivity (Wildman–Crippen MR) is 115 cm³/mol. The SMILES string of the molecule is O=C(O)CCN1CCCN(C(=O)N2CCC3(CC2)CCN(c2ccncc2)C3)CC1. The van der Waals surface area contributed by atoms with Crippen molar-refractivity contribution in [2.24, 2.45) is 5.41 Å². The highest BCUT2D eigenvalue weighted by Gasteiger charge is 2.42. The molecule has 2 amide bonds. The molecule has 0 aliphatic carbocycles. The van der Waals surface area contributed by atoms with Crippen molar-refractivity contribution in [3.63, 3.8) is 0 Å². The summed E-state index contributed by atoms with van der Waals surface area (Å²) in [6, 6.07) is 4.32. The third-order valence-corrected chi connectivity index (χ3v) is 7.06. The van der Waals surface area contributed by atoms with E-state index in [-0.39, 0.29) is 12.5 Å². The fourth-order valence-electron chi connectivity index (χ4n) is 5.13. The summed E-state index contributed by atoms with van der Waals surface area (Å²) in [5.74, 6) is -0.760. The molecule has 0 radical (unpaired) electrons. The average Bonchev–Trinajstić information content (AvgIpc) is 3.02. The van der Waals surface area contributed by atoms with Gasteiger partial charge in [-0.3, -0.25) is 9.78 Å². The number of carboxylic acid groups (broad SMARTS) is 1. The zero-order chi connectivity index (χ0) is 21.0. The Hall–Kier alpha value is -2.35. The van der Waals surface area contributed by atoms with Gasteiger partial charge in [0.1, 0.15) is 0 Å². The van der Waals surface area contributed by atoms with E-state index in [1.807, 2.05) is 22.2 Å². The number of carboxylic acids is 1. The number of aliphatic carboxylic acids is 1. The number of carbonyl (C=O) groups is 2. The minimum Gasteiger partial charge on any atom is -0.481 e. The van der Waals surface area contributed by atoms with Gasteiger partial charge in [0.2, 0.25) is 0 Å². The zero-order valence-corrected chi connectivity index (χ0v) is 17.7. The Morgan fingerprint density at radius 3 is 2.37 bits per heavy atom. The number of nitrogens with zero attached hydrogens (tertiary/aromatic N) is 5. The van der Waals surface area contributed by atoms with Crippen LogP contribution in [0.5, 0.6) is 0 Å². The topological polar surface area (TPSA) is 80.2 Å². The number of carbonyl (C=O) groups excluding carboxylic acids is 1. The van der Waals surface area contributed by atoms with Gasteiger partial charge >= 0.3 is 12.0 Å². The van der Waals surface area contributed by atoms with E-state index in [9.17, 15) is 9.59 Å². The maximum absolute atomic E-state index is 13.1. The second-order valence-corrected chi connectivity index (χ2v) is 8.97. The highest BCUT2D eigenvalue weighted by Crippen LogP contribution is 2.41. The van der Waals surface area contributed by atoms with E-state index in [1.165, 1.54) is 12.1 Å². The molecule has 0 saturated carbocycles. The van der Waals surface area contributed by atoms with Gasteiger partial charge in [-0.15, -0.1) is 0 Å². The van der Waals surface area contributed by atoms with E-state index >= 15 is 0 Å². The summed E-state index contributed by atoms with van der Waals surface area (Å²) >= 11 is 0. The summed E-state index contributed by atoms with van der Waals surface area (Å²) in [4.78, 5) is 36.6. The molecule has 1 spiro atoms. The van der Waals surface area contributed by atoms with Crippen LogP contribution in [0.25, 0.3) is 0 Å². The molecule has 4 heterocycles. The molecule has 164 valence electrons. The second kappa shape index (κ2) is 9.20. The van der Waals surface area contributed by atoms with Crippen molar-refractivity contribution in [2.45, 2.75) is 32.1 Å². The molecule has 0 atom stereocenters. The van der Waals surface area contributed by atoms with Crippen molar-refractivity contribution in [3.05, 3.63) is 24.5 Å². The van der Waals surface area contributed by atoms with Gasteiger partial charge in [-0.05, 0) is 49.8 Å². The molecule has 3 fully saturated rings. The van der Waals surface area contributed by atoms with Crippen LogP contribution in [0.2, 0.25) is 0 Å². The largest absolute Gasteiger partial charge is 0.481 e. The number of hydrogen-bond acceptors (Lipinski definition) is 5.